The van der Waals surface area contributed by atoms with Gasteiger partial charge in [-0.05, 0) is 30.2 Å². The Labute approximate surface area is 162 Å². The molecular weight excluding hydrogens is 425 g/mol. The van der Waals surface area contributed by atoms with E-state index in [4.69, 9.17) is 11.6 Å². The van der Waals surface area contributed by atoms with Crippen molar-refractivity contribution in [2.75, 3.05) is 16.8 Å². The molecule has 1 aliphatic rings. The summed E-state index contributed by atoms with van der Waals surface area (Å²) >= 11 is 7.09. The van der Waals surface area contributed by atoms with Gasteiger partial charge in [-0.2, -0.15) is 13.2 Å². The number of halogens is 4. The number of rotatable bonds is 4. The monoisotopic (exact) mass is 438 g/mol. The molecule has 1 saturated heterocycles. The lowest BCUT2D eigenvalue weighted by atomic mass is 10.1. The van der Waals surface area contributed by atoms with E-state index in [1.165, 1.54) is 12.3 Å². The minimum absolute atomic E-state index is 0.0117. The number of sulfone groups is 1. The third kappa shape index (κ3) is 4.99. The van der Waals surface area contributed by atoms with Crippen LogP contribution >= 0.6 is 22.9 Å². The van der Waals surface area contributed by atoms with E-state index < -0.39 is 33.4 Å². The van der Waals surface area contributed by atoms with Crippen molar-refractivity contribution in [3.63, 3.8) is 0 Å². The molecule has 0 radical (unpaired) electrons. The Morgan fingerprint density at radius 3 is 2.74 bits per heavy atom. The largest absolute Gasteiger partial charge is 0.416 e. The van der Waals surface area contributed by atoms with E-state index in [0.29, 0.717) is 10.4 Å². The van der Waals surface area contributed by atoms with Gasteiger partial charge in [0.25, 0.3) is 0 Å². The minimum atomic E-state index is -4.46. The zero-order valence-electron chi connectivity index (χ0n) is 13.7. The van der Waals surface area contributed by atoms with E-state index in [9.17, 15) is 26.4 Å². The number of anilines is 1. The van der Waals surface area contributed by atoms with Crippen LogP contribution in [0.15, 0.2) is 24.4 Å². The SMILES string of the molecule is O=C(Nc1ncc(Cc2cc(C(F)(F)F)ccc2Cl)s1)C1CCS(=O)(=O)C1. The van der Waals surface area contributed by atoms with Crippen molar-refractivity contribution < 1.29 is 26.4 Å². The molecule has 146 valence electrons. The third-order valence-corrected chi connectivity index (χ3v) is 7.17. The minimum Gasteiger partial charge on any atom is -0.302 e. The van der Waals surface area contributed by atoms with Crippen molar-refractivity contribution in [1.29, 1.82) is 0 Å². The highest BCUT2D eigenvalue weighted by Gasteiger charge is 2.33. The van der Waals surface area contributed by atoms with E-state index in [2.05, 4.69) is 10.3 Å². The molecule has 1 N–H and O–H groups in total. The molecule has 0 spiro atoms. The normalized spacial score (nSPS) is 19.2. The van der Waals surface area contributed by atoms with Crippen LogP contribution in [0.2, 0.25) is 5.02 Å². The summed E-state index contributed by atoms with van der Waals surface area (Å²) in [5.41, 5.74) is -0.489. The molecular formula is C16H14ClF3N2O3S2. The number of nitrogens with zero attached hydrogens (tertiary/aromatic N) is 1. The number of amides is 1. The van der Waals surface area contributed by atoms with Crippen molar-refractivity contribution >= 4 is 43.8 Å². The highest BCUT2D eigenvalue weighted by molar-refractivity contribution is 7.91. The summed E-state index contributed by atoms with van der Waals surface area (Å²) in [5.74, 6) is -1.23. The maximum Gasteiger partial charge on any atom is 0.416 e. The number of nitrogens with one attached hydrogen (secondary N) is 1. The van der Waals surface area contributed by atoms with Gasteiger partial charge in [0.15, 0.2) is 15.0 Å². The Bertz CT molecular complexity index is 974. The van der Waals surface area contributed by atoms with Gasteiger partial charge in [-0.1, -0.05) is 11.6 Å². The third-order valence-electron chi connectivity index (χ3n) is 4.12. The number of thiazole rings is 1. The summed E-state index contributed by atoms with van der Waals surface area (Å²) in [6.45, 7) is 0. The summed E-state index contributed by atoms with van der Waals surface area (Å²) in [4.78, 5) is 16.8. The second-order valence-electron chi connectivity index (χ2n) is 6.20. The molecule has 1 fully saturated rings. The summed E-state index contributed by atoms with van der Waals surface area (Å²) in [6.07, 6.45) is -2.61. The molecule has 1 atom stereocenters. The molecule has 0 bridgehead atoms. The van der Waals surface area contributed by atoms with E-state index in [-0.39, 0.29) is 34.5 Å². The second kappa shape index (κ2) is 7.40. The number of benzene rings is 1. The summed E-state index contributed by atoms with van der Waals surface area (Å²) in [6, 6.07) is 3.10. The van der Waals surface area contributed by atoms with Crippen LogP contribution in [-0.2, 0) is 27.2 Å². The van der Waals surface area contributed by atoms with E-state index in [1.807, 2.05) is 0 Å². The molecule has 1 aromatic carbocycles. The van der Waals surface area contributed by atoms with Gasteiger partial charge in [-0.3, -0.25) is 4.79 Å². The standard InChI is InChI=1S/C16H14ClF3N2O3S2/c17-13-2-1-11(16(18,19)20)5-10(13)6-12-7-21-15(26-12)22-14(23)9-3-4-27(24,25)8-9/h1-2,5,7,9H,3-4,6,8H2,(H,21,22,23). The van der Waals surface area contributed by atoms with Crippen LogP contribution in [0.5, 0.6) is 0 Å². The van der Waals surface area contributed by atoms with Crippen molar-refractivity contribution in [2.24, 2.45) is 5.92 Å². The second-order valence-corrected chi connectivity index (χ2v) is 9.95. The van der Waals surface area contributed by atoms with Gasteiger partial charge in [0, 0.05) is 22.5 Å². The van der Waals surface area contributed by atoms with Crippen LogP contribution in [-0.4, -0.2) is 30.8 Å². The number of carbonyl (C=O) groups excluding carboxylic acids is 1. The number of hydrogen-bond donors (Lipinski definition) is 1. The Kier molecular flexibility index (Phi) is 5.51. The smallest absolute Gasteiger partial charge is 0.302 e. The predicted octanol–water partition coefficient (Wildman–Crippen LogP) is 3.78. The molecule has 3 rings (SSSR count). The summed E-state index contributed by atoms with van der Waals surface area (Å²) < 4.78 is 61.4. The van der Waals surface area contributed by atoms with E-state index in [1.54, 1.807) is 0 Å². The van der Waals surface area contributed by atoms with Gasteiger partial charge in [0.2, 0.25) is 5.91 Å². The molecule has 0 aliphatic carbocycles. The maximum atomic E-state index is 12.8. The predicted molar refractivity (Wildman–Crippen MR) is 96.8 cm³/mol. The molecule has 1 unspecified atom stereocenters. The van der Waals surface area contributed by atoms with Crippen molar-refractivity contribution in [2.45, 2.75) is 19.0 Å². The first-order chi connectivity index (χ1) is 12.5. The lowest BCUT2D eigenvalue weighted by Gasteiger charge is -2.09. The maximum absolute atomic E-state index is 12.8. The fourth-order valence-corrected chi connectivity index (χ4v) is 5.49. The van der Waals surface area contributed by atoms with E-state index >= 15 is 0 Å². The van der Waals surface area contributed by atoms with Crippen LogP contribution in [0.3, 0.4) is 0 Å². The topological polar surface area (TPSA) is 76.1 Å². The molecule has 5 nitrogen and oxygen atoms in total. The Hall–Kier alpha value is -1.65. The fraction of sp³-hybridized carbons (Fsp3) is 0.375. The van der Waals surface area contributed by atoms with Crippen LogP contribution in [0, 0.1) is 5.92 Å². The molecule has 1 aliphatic heterocycles. The van der Waals surface area contributed by atoms with Gasteiger partial charge in [-0.25, -0.2) is 13.4 Å². The molecule has 2 aromatic rings. The summed E-state index contributed by atoms with van der Waals surface area (Å²) in [7, 11) is -3.17. The first-order valence-corrected chi connectivity index (χ1v) is 10.9. The zero-order valence-corrected chi connectivity index (χ0v) is 16.1. The molecule has 2 heterocycles. The van der Waals surface area contributed by atoms with Crippen LogP contribution in [0.1, 0.15) is 22.4 Å². The lowest BCUT2D eigenvalue weighted by molar-refractivity contribution is -0.137. The zero-order chi connectivity index (χ0) is 19.8. The summed E-state index contributed by atoms with van der Waals surface area (Å²) in [5, 5.41) is 3.04. The molecule has 11 heteroatoms. The first kappa shape index (κ1) is 20.1. The van der Waals surface area contributed by atoms with E-state index in [0.717, 1.165) is 23.5 Å². The Morgan fingerprint density at radius 1 is 1.37 bits per heavy atom. The van der Waals surface area contributed by atoms with Crippen molar-refractivity contribution in [3.8, 4) is 0 Å². The average molecular weight is 439 g/mol. The van der Waals surface area contributed by atoms with Gasteiger partial charge in [0.1, 0.15) is 0 Å². The highest BCUT2D eigenvalue weighted by Crippen LogP contribution is 2.33. The molecule has 0 saturated carbocycles. The first-order valence-electron chi connectivity index (χ1n) is 7.85. The van der Waals surface area contributed by atoms with Crippen molar-refractivity contribution in [1.82, 2.24) is 4.98 Å². The van der Waals surface area contributed by atoms with Gasteiger partial charge < -0.3 is 5.32 Å². The van der Waals surface area contributed by atoms with Gasteiger partial charge in [0.05, 0.1) is 23.0 Å². The molecule has 27 heavy (non-hydrogen) atoms. The van der Waals surface area contributed by atoms with Crippen LogP contribution in [0.4, 0.5) is 18.3 Å². The number of alkyl halides is 3. The number of hydrogen-bond acceptors (Lipinski definition) is 5. The number of aromatic nitrogens is 1. The lowest BCUT2D eigenvalue weighted by Crippen LogP contribution is -2.23. The number of carbonyl (C=O) groups is 1. The highest BCUT2D eigenvalue weighted by atomic mass is 35.5. The molecule has 1 aromatic heterocycles. The van der Waals surface area contributed by atoms with Gasteiger partial charge in [-0.15, -0.1) is 11.3 Å². The van der Waals surface area contributed by atoms with Crippen LogP contribution in [0.25, 0.3) is 0 Å². The van der Waals surface area contributed by atoms with Crippen LogP contribution < -0.4 is 5.32 Å². The van der Waals surface area contributed by atoms with Crippen molar-refractivity contribution in [3.05, 3.63) is 45.4 Å². The van der Waals surface area contributed by atoms with Gasteiger partial charge >= 0.3 is 6.18 Å². The Morgan fingerprint density at radius 2 is 2.11 bits per heavy atom. The average Bonchev–Trinajstić information content (AvgIpc) is 3.14. The quantitative estimate of drug-likeness (QED) is 0.788. The fourth-order valence-electron chi connectivity index (χ4n) is 2.73. The molecule has 1 amide bonds. The Balaban J connectivity index is 1.69.